The highest BCUT2D eigenvalue weighted by atomic mass is 16.1. The summed E-state index contributed by atoms with van der Waals surface area (Å²) in [6, 6.07) is 23.6. The molecule has 1 aromatic heterocycles. The lowest BCUT2D eigenvalue weighted by molar-refractivity contribution is 0.104. The van der Waals surface area contributed by atoms with E-state index in [0.29, 0.717) is 5.56 Å². The van der Waals surface area contributed by atoms with Gasteiger partial charge in [0, 0.05) is 17.3 Å². The van der Waals surface area contributed by atoms with Crippen molar-refractivity contribution in [1.29, 1.82) is 0 Å². The maximum Gasteiger partial charge on any atom is 0.186 e. The van der Waals surface area contributed by atoms with Gasteiger partial charge in [0.2, 0.25) is 0 Å². The van der Waals surface area contributed by atoms with Gasteiger partial charge in [0.15, 0.2) is 5.78 Å². The minimum atomic E-state index is -0.00994. The predicted octanol–water partition coefficient (Wildman–Crippen LogP) is 4.92. The molecule has 4 rings (SSSR count). The Hall–Kier alpha value is -3.46. The van der Waals surface area contributed by atoms with Crippen molar-refractivity contribution in [2.45, 2.75) is 0 Å². The van der Waals surface area contributed by atoms with E-state index >= 15 is 0 Å². The molecule has 0 aliphatic carbocycles. The van der Waals surface area contributed by atoms with Crippen molar-refractivity contribution in [2.75, 3.05) is 0 Å². The van der Waals surface area contributed by atoms with E-state index in [1.807, 2.05) is 79.0 Å². The minimum Gasteiger partial charge on any atom is -0.289 e. The first-order valence-electron chi connectivity index (χ1n) is 8.11. The third kappa shape index (κ3) is 3.12. The van der Waals surface area contributed by atoms with E-state index < -0.39 is 0 Å². The van der Waals surface area contributed by atoms with Crippen LogP contribution in [0.5, 0.6) is 0 Å². The fraction of sp³-hybridized carbons (Fsp3) is 0. The Morgan fingerprint density at radius 3 is 2.52 bits per heavy atom. The predicted molar refractivity (Wildman–Crippen MR) is 101 cm³/mol. The van der Waals surface area contributed by atoms with E-state index in [9.17, 15) is 4.79 Å². The van der Waals surface area contributed by atoms with Gasteiger partial charge in [0.1, 0.15) is 0 Å². The molecule has 0 aliphatic heterocycles. The lowest BCUT2D eigenvalue weighted by Gasteiger charge is -2.02. The van der Waals surface area contributed by atoms with Gasteiger partial charge in [-0.3, -0.25) is 4.79 Å². The zero-order valence-corrected chi connectivity index (χ0v) is 13.5. The van der Waals surface area contributed by atoms with Crippen LogP contribution in [0, 0.1) is 0 Å². The topological polar surface area (TPSA) is 34.9 Å². The normalized spacial score (nSPS) is 11.2. The number of benzene rings is 3. The van der Waals surface area contributed by atoms with Gasteiger partial charge in [-0.1, -0.05) is 60.7 Å². The number of nitrogens with zero attached hydrogens (tertiary/aromatic N) is 2. The van der Waals surface area contributed by atoms with Crippen LogP contribution >= 0.6 is 0 Å². The van der Waals surface area contributed by atoms with E-state index in [-0.39, 0.29) is 5.78 Å². The van der Waals surface area contributed by atoms with Crippen LogP contribution < -0.4 is 0 Å². The van der Waals surface area contributed by atoms with E-state index in [0.717, 1.165) is 22.0 Å². The fourth-order valence-electron chi connectivity index (χ4n) is 2.85. The third-order valence-electron chi connectivity index (χ3n) is 4.11. The number of fused-ring (bicyclic) bond motifs is 1. The molecular formula is C22H16N2O. The zero-order chi connectivity index (χ0) is 17.1. The summed E-state index contributed by atoms with van der Waals surface area (Å²) >= 11 is 0. The molecule has 0 atom stereocenters. The molecule has 0 saturated heterocycles. The highest BCUT2D eigenvalue weighted by molar-refractivity contribution is 6.14. The molecule has 120 valence electrons. The van der Waals surface area contributed by atoms with Gasteiger partial charge in [-0.25, -0.2) is 4.68 Å². The summed E-state index contributed by atoms with van der Waals surface area (Å²) in [5, 5.41) is 6.38. The van der Waals surface area contributed by atoms with Crippen molar-refractivity contribution < 1.29 is 4.79 Å². The first kappa shape index (κ1) is 15.1. The fourth-order valence-corrected chi connectivity index (χ4v) is 2.85. The van der Waals surface area contributed by atoms with Crippen LogP contribution in [0.3, 0.4) is 0 Å². The highest BCUT2D eigenvalue weighted by Crippen LogP contribution is 2.19. The summed E-state index contributed by atoms with van der Waals surface area (Å²) in [6.07, 6.45) is 7.06. The molecule has 3 nitrogen and oxygen atoms in total. The largest absolute Gasteiger partial charge is 0.289 e. The standard InChI is InChI=1S/C22H16N2O/c25-22(21-12-6-8-18-7-4-5-11-20(18)21)14-13-17-15-23-24(16-17)19-9-2-1-3-10-19/h1-16H/b14-13+. The van der Waals surface area contributed by atoms with E-state index in [2.05, 4.69) is 5.10 Å². The number of aromatic nitrogens is 2. The molecular weight excluding hydrogens is 308 g/mol. The lowest BCUT2D eigenvalue weighted by Crippen LogP contribution is -1.95. The molecule has 0 radical (unpaired) electrons. The van der Waals surface area contributed by atoms with Gasteiger partial charge in [-0.05, 0) is 35.1 Å². The summed E-state index contributed by atoms with van der Waals surface area (Å²) in [4.78, 5) is 12.6. The Labute approximate surface area is 145 Å². The number of hydrogen-bond acceptors (Lipinski definition) is 2. The van der Waals surface area contributed by atoms with Crippen molar-refractivity contribution in [3.05, 3.63) is 102 Å². The average molecular weight is 324 g/mol. The number of para-hydroxylation sites is 1. The van der Waals surface area contributed by atoms with Crippen LogP contribution in [-0.2, 0) is 0 Å². The summed E-state index contributed by atoms with van der Waals surface area (Å²) in [7, 11) is 0. The number of hydrogen-bond donors (Lipinski definition) is 0. The second-order valence-corrected chi connectivity index (χ2v) is 5.78. The molecule has 1 heterocycles. The maximum absolute atomic E-state index is 12.6. The third-order valence-corrected chi connectivity index (χ3v) is 4.11. The molecule has 0 unspecified atom stereocenters. The van der Waals surface area contributed by atoms with E-state index in [1.165, 1.54) is 0 Å². The van der Waals surface area contributed by atoms with Crippen molar-refractivity contribution in [3.63, 3.8) is 0 Å². The second kappa shape index (κ2) is 6.57. The minimum absolute atomic E-state index is 0.00994. The van der Waals surface area contributed by atoms with Crippen LogP contribution in [0.15, 0.2) is 91.3 Å². The number of carbonyl (C=O) groups excluding carboxylic acids is 1. The molecule has 25 heavy (non-hydrogen) atoms. The number of rotatable bonds is 4. The van der Waals surface area contributed by atoms with Crippen LogP contribution in [0.2, 0.25) is 0 Å². The summed E-state index contributed by atoms with van der Waals surface area (Å²) in [6.45, 7) is 0. The zero-order valence-electron chi connectivity index (χ0n) is 13.5. The van der Waals surface area contributed by atoms with Crippen LogP contribution in [0.1, 0.15) is 15.9 Å². The van der Waals surface area contributed by atoms with Gasteiger partial charge in [0.05, 0.1) is 11.9 Å². The number of allylic oxidation sites excluding steroid dienone is 1. The molecule has 0 saturated carbocycles. The van der Waals surface area contributed by atoms with Crippen molar-refractivity contribution in [3.8, 4) is 5.69 Å². The Kier molecular flexibility index (Phi) is 3.97. The van der Waals surface area contributed by atoms with Gasteiger partial charge in [-0.15, -0.1) is 0 Å². The Balaban J connectivity index is 1.59. The highest BCUT2D eigenvalue weighted by Gasteiger charge is 2.06. The van der Waals surface area contributed by atoms with Gasteiger partial charge < -0.3 is 0 Å². The molecule has 0 aliphatic rings. The first-order chi connectivity index (χ1) is 12.3. The monoisotopic (exact) mass is 324 g/mol. The SMILES string of the molecule is O=C(/C=C/c1cnn(-c2ccccc2)c1)c1cccc2ccccc12. The van der Waals surface area contributed by atoms with Crippen molar-refractivity contribution in [1.82, 2.24) is 9.78 Å². The van der Waals surface area contributed by atoms with Crippen LogP contribution in [-0.4, -0.2) is 15.6 Å². The Bertz CT molecular complexity index is 1060. The molecule has 0 N–H and O–H groups in total. The van der Waals surface area contributed by atoms with Crippen molar-refractivity contribution >= 4 is 22.6 Å². The Morgan fingerprint density at radius 1 is 0.880 bits per heavy atom. The van der Waals surface area contributed by atoms with Gasteiger partial charge in [-0.2, -0.15) is 5.10 Å². The van der Waals surface area contributed by atoms with E-state index in [4.69, 9.17) is 0 Å². The van der Waals surface area contributed by atoms with E-state index in [1.54, 1.807) is 23.0 Å². The first-order valence-corrected chi connectivity index (χ1v) is 8.11. The summed E-state index contributed by atoms with van der Waals surface area (Å²) in [5.41, 5.74) is 2.59. The molecule has 0 amide bonds. The second-order valence-electron chi connectivity index (χ2n) is 5.78. The maximum atomic E-state index is 12.6. The quantitative estimate of drug-likeness (QED) is 0.394. The average Bonchev–Trinajstić information content (AvgIpc) is 3.15. The summed E-state index contributed by atoms with van der Waals surface area (Å²) in [5.74, 6) is -0.00994. The molecule has 3 heteroatoms. The van der Waals surface area contributed by atoms with Crippen LogP contribution in [0.4, 0.5) is 0 Å². The summed E-state index contributed by atoms with van der Waals surface area (Å²) < 4.78 is 1.79. The van der Waals surface area contributed by atoms with Crippen molar-refractivity contribution in [2.24, 2.45) is 0 Å². The number of carbonyl (C=O) groups is 1. The van der Waals surface area contributed by atoms with Gasteiger partial charge in [0.25, 0.3) is 0 Å². The molecule has 0 spiro atoms. The smallest absolute Gasteiger partial charge is 0.186 e. The molecule has 4 aromatic rings. The molecule has 0 bridgehead atoms. The van der Waals surface area contributed by atoms with Gasteiger partial charge >= 0.3 is 0 Å². The molecule has 3 aromatic carbocycles. The van der Waals surface area contributed by atoms with Crippen LogP contribution in [0.25, 0.3) is 22.5 Å². The lowest BCUT2D eigenvalue weighted by atomic mass is 10.0. The molecule has 0 fully saturated rings. The number of ketones is 1. The Morgan fingerprint density at radius 2 is 1.64 bits per heavy atom.